The van der Waals surface area contributed by atoms with Crippen LogP contribution in [0.3, 0.4) is 0 Å². The molecule has 0 aromatic carbocycles. The number of carbonyl (C=O) groups is 2. The van der Waals surface area contributed by atoms with Gasteiger partial charge in [0.2, 0.25) is 0 Å². The van der Waals surface area contributed by atoms with E-state index < -0.39 is 11.9 Å². The highest BCUT2D eigenvalue weighted by atomic mass is 16.5. The van der Waals surface area contributed by atoms with Gasteiger partial charge in [-0.05, 0) is 27.7 Å². The summed E-state index contributed by atoms with van der Waals surface area (Å²) >= 11 is 0. The normalized spacial score (nSPS) is 9.60. The molecule has 0 atom stereocenters. The van der Waals surface area contributed by atoms with Crippen LogP contribution < -0.4 is 0 Å². The number of aliphatic hydroxyl groups excluding tert-OH is 2. The zero-order chi connectivity index (χ0) is 16.3. The third-order valence-electron chi connectivity index (χ3n) is 1.64. The third kappa shape index (κ3) is 11.4. The molecule has 0 unspecified atom stereocenters. The van der Waals surface area contributed by atoms with Crippen molar-refractivity contribution in [1.82, 2.24) is 0 Å². The van der Waals surface area contributed by atoms with Crippen molar-refractivity contribution >= 4 is 11.9 Å². The Kier molecular flexibility index (Phi) is 11.6. The minimum atomic E-state index is -0.530. The van der Waals surface area contributed by atoms with Gasteiger partial charge in [-0.25, -0.2) is 9.59 Å². The number of aliphatic hydroxyl groups is 2. The topological polar surface area (TPSA) is 93.1 Å². The summed E-state index contributed by atoms with van der Waals surface area (Å²) in [6.07, 6.45) is -0.313. The van der Waals surface area contributed by atoms with Crippen molar-refractivity contribution < 1.29 is 29.3 Å². The zero-order valence-electron chi connectivity index (χ0n) is 12.5. The van der Waals surface area contributed by atoms with Crippen LogP contribution >= 0.6 is 0 Å². The molecule has 6 heteroatoms. The molecular weight excluding hydrogens is 264 g/mol. The number of rotatable bonds is 6. The Morgan fingerprint density at radius 2 is 1.10 bits per heavy atom. The van der Waals surface area contributed by atoms with E-state index >= 15 is 0 Å². The quantitative estimate of drug-likeness (QED) is 0.559. The first-order chi connectivity index (χ1) is 9.15. The number of hydrogen-bond donors (Lipinski definition) is 2. The van der Waals surface area contributed by atoms with Gasteiger partial charge in [0, 0.05) is 0 Å². The largest absolute Gasteiger partial charge is 0.460 e. The molecule has 0 bridgehead atoms. The Morgan fingerprint density at radius 3 is 1.25 bits per heavy atom. The van der Waals surface area contributed by atoms with Crippen LogP contribution in [0.2, 0.25) is 0 Å². The molecule has 0 fully saturated rings. The highest BCUT2D eigenvalue weighted by Gasteiger charge is 2.08. The van der Waals surface area contributed by atoms with Crippen molar-refractivity contribution in [3.63, 3.8) is 0 Å². The van der Waals surface area contributed by atoms with Crippen LogP contribution in [-0.4, -0.2) is 47.6 Å². The summed E-state index contributed by atoms with van der Waals surface area (Å²) in [4.78, 5) is 21.4. The van der Waals surface area contributed by atoms with Gasteiger partial charge >= 0.3 is 11.9 Å². The molecule has 6 nitrogen and oxygen atoms in total. The van der Waals surface area contributed by atoms with Gasteiger partial charge in [0.25, 0.3) is 0 Å². The van der Waals surface area contributed by atoms with Gasteiger partial charge in [-0.15, -0.1) is 0 Å². The van der Waals surface area contributed by atoms with Crippen LogP contribution in [0.25, 0.3) is 0 Å². The number of ether oxygens (including phenoxy) is 2. The number of hydrogen-bond acceptors (Lipinski definition) is 6. The van der Waals surface area contributed by atoms with E-state index in [-0.39, 0.29) is 36.6 Å². The molecular formula is C14H24O6. The maximum Gasteiger partial charge on any atom is 0.336 e. The lowest BCUT2D eigenvalue weighted by Gasteiger charge is -2.07. The second kappa shape index (κ2) is 11.2. The van der Waals surface area contributed by atoms with Crippen LogP contribution in [0.4, 0.5) is 0 Å². The molecule has 20 heavy (non-hydrogen) atoms. The summed E-state index contributed by atoms with van der Waals surface area (Å²) in [5.41, 5.74) is 0.183. The van der Waals surface area contributed by atoms with Gasteiger partial charge in [0.15, 0.2) is 0 Å². The van der Waals surface area contributed by atoms with Gasteiger partial charge < -0.3 is 19.7 Å². The van der Waals surface area contributed by atoms with Crippen molar-refractivity contribution in [3.8, 4) is 0 Å². The van der Waals surface area contributed by atoms with E-state index in [1.165, 1.54) is 0 Å². The summed E-state index contributed by atoms with van der Waals surface area (Å²) < 4.78 is 9.41. The second-order valence-electron chi connectivity index (χ2n) is 4.43. The molecule has 0 saturated heterocycles. The molecule has 0 amide bonds. The third-order valence-corrected chi connectivity index (χ3v) is 1.64. The Labute approximate surface area is 119 Å². The second-order valence-corrected chi connectivity index (χ2v) is 4.43. The van der Waals surface area contributed by atoms with Crippen LogP contribution in [0.5, 0.6) is 0 Å². The molecule has 0 aromatic heterocycles. The molecule has 0 spiro atoms. The van der Waals surface area contributed by atoms with Crippen LogP contribution in [0.1, 0.15) is 27.7 Å². The van der Waals surface area contributed by atoms with E-state index in [2.05, 4.69) is 13.2 Å². The standard InChI is InChI=1S/2C7H12O3/c2*1-5(2)10-7(9)6(3)4-8/h2*5,8H,3-4H2,1-2H3. The van der Waals surface area contributed by atoms with E-state index in [0.717, 1.165) is 0 Å². The fourth-order valence-electron chi connectivity index (χ4n) is 0.724. The van der Waals surface area contributed by atoms with Crippen molar-refractivity contribution in [3.05, 3.63) is 24.3 Å². The average molecular weight is 288 g/mol. The van der Waals surface area contributed by atoms with Gasteiger partial charge in [0.05, 0.1) is 36.6 Å². The smallest absolute Gasteiger partial charge is 0.336 e. The van der Waals surface area contributed by atoms with E-state index in [0.29, 0.717) is 0 Å². The summed E-state index contributed by atoms with van der Waals surface area (Å²) in [6.45, 7) is 12.9. The van der Waals surface area contributed by atoms with E-state index in [1.54, 1.807) is 27.7 Å². The first-order valence-electron chi connectivity index (χ1n) is 6.14. The Hall–Kier alpha value is -1.66. The maximum absolute atomic E-state index is 10.7. The summed E-state index contributed by atoms with van der Waals surface area (Å²) in [7, 11) is 0. The molecule has 0 aliphatic carbocycles. The molecule has 0 saturated carbocycles. The Balaban J connectivity index is 0. The fraction of sp³-hybridized carbons (Fsp3) is 0.571. The number of esters is 2. The molecule has 2 N–H and O–H groups in total. The maximum atomic E-state index is 10.7. The van der Waals surface area contributed by atoms with Crippen molar-refractivity contribution in [1.29, 1.82) is 0 Å². The lowest BCUT2D eigenvalue weighted by atomic mass is 10.3. The van der Waals surface area contributed by atoms with Gasteiger partial charge in [-0.3, -0.25) is 0 Å². The predicted molar refractivity (Wildman–Crippen MR) is 74.9 cm³/mol. The van der Waals surface area contributed by atoms with Gasteiger partial charge in [0.1, 0.15) is 0 Å². The van der Waals surface area contributed by atoms with Crippen molar-refractivity contribution in [2.75, 3.05) is 13.2 Å². The predicted octanol–water partition coefficient (Wildman–Crippen LogP) is 0.973. The van der Waals surface area contributed by atoms with Crippen LogP contribution in [-0.2, 0) is 19.1 Å². The highest BCUT2D eigenvalue weighted by molar-refractivity contribution is 5.88. The number of carbonyl (C=O) groups excluding carboxylic acids is 2. The molecule has 0 aliphatic rings. The summed E-state index contributed by atoms with van der Waals surface area (Å²) in [5, 5.41) is 16.8. The molecule has 0 aromatic rings. The minimum absolute atomic E-state index is 0.0914. The molecule has 0 radical (unpaired) electrons. The van der Waals surface area contributed by atoms with E-state index in [9.17, 15) is 9.59 Å². The van der Waals surface area contributed by atoms with Crippen LogP contribution in [0, 0.1) is 0 Å². The molecule has 0 aliphatic heterocycles. The van der Waals surface area contributed by atoms with E-state index in [4.69, 9.17) is 19.7 Å². The first-order valence-corrected chi connectivity index (χ1v) is 6.14. The molecule has 0 heterocycles. The lowest BCUT2D eigenvalue weighted by Crippen LogP contribution is -2.14. The average Bonchev–Trinajstić information content (AvgIpc) is 2.35. The monoisotopic (exact) mass is 288 g/mol. The molecule has 0 rings (SSSR count). The summed E-state index contributed by atoms with van der Waals surface area (Å²) in [6, 6.07) is 0. The minimum Gasteiger partial charge on any atom is -0.460 e. The van der Waals surface area contributed by atoms with Crippen molar-refractivity contribution in [2.24, 2.45) is 0 Å². The SMILES string of the molecule is C=C(CO)C(=O)OC(C)C.C=C(CO)C(=O)OC(C)C. The van der Waals surface area contributed by atoms with E-state index in [1.807, 2.05) is 0 Å². The zero-order valence-corrected chi connectivity index (χ0v) is 12.5. The lowest BCUT2D eigenvalue weighted by molar-refractivity contribution is -0.144. The first kappa shape index (κ1) is 20.7. The Morgan fingerprint density at radius 1 is 0.850 bits per heavy atom. The fourth-order valence-corrected chi connectivity index (χ4v) is 0.724. The van der Waals surface area contributed by atoms with Gasteiger partial charge in [-0.1, -0.05) is 13.2 Å². The van der Waals surface area contributed by atoms with Crippen LogP contribution in [0.15, 0.2) is 24.3 Å². The van der Waals surface area contributed by atoms with Gasteiger partial charge in [-0.2, -0.15) is 0 Å². The highest BCUT2D eigenvalue weighted by Crippen LogP contribution is 1.97. The summed E-state index contributed by atoms with van der Waals surface area (Å²) in [5.74, 6) is -1.06. The molecule has 116 valence electrons. The Bertz CT molecular complexity index is 310. The van der Waals surface area contributed by atoms with Crippen molar-refractivity contribution in [2.45, 2.75) is 39.9 Å².